The summed E-state index contributed by atoms with van der Waals surface area (Å²) in [5.41, 5.74) is 0.866. The van der Waals surface area contributed by atoms with E-state index >= 15 is 0 Å². The molecule has 1 atom stereocenters. The second-order valence-electron chi connectivity index (χ2n) is 4.46. The lowest BCUT2D eigenvalue weighted by Crippen LogP contribution is -2.24. The lowest BCUT2D eigenvalue weighted by atomic mass is 10.1. The Morgan fingerprint density at radius 1 is 1.21 bits per heavy atom. The molecule has 0 spiro atoms. The lowest BCUT2D eigenvalue weighted by molar-refractivity contribution is 0.345. The smallest absolute Gasteiger partial charge is 0.240 e. The molecule has 5 nitrogen and oxygen atoms in total. The molecule has 0 aromatic carbocycles. The first-order chi connectivity index (χ1) is 9.26. The second kappa shape index (κ2) is 8.69. The minimum Gasteiger partial charge on any atom is -0.480 e. The molecule has 1 aromatic heterocycles. The summed E-state index contributed by atoms with van der Waals surface area (Å²) in [5, 5.41) is 3.51. The van der Waals surface area contributed by atoms with Gasteiger partial charge < -0.3 is 14.8 Å². The molecule has 19 heavy (non-hydrogen) atoms. The summed E-state index contributed by atoms with van der Waals surface area (Å²) >= 11 is 0. The second-order valence-corrected chi connectivity index (χ2v) is 4.46. The highest BCUT2D eigenvalue weighted by Gasteiger charge is 2.18. The number of rotatable bonds is 9. The molecule has 0 saturated heterocycles. The van der Waals surface area contributed by atoms with Crippen LogP contribution in [0.2, 0.25) is 0 Å². The molecular formula is C14H25N3O2. The zero-order valence-electron chi connectivity index (χ0n) is 12.4. The average Bonchev–Trinajstić information content (AvgIpc) is 2.47. The number of ether oxygens (including phenoxy) is 2. The van der Waals surface area contributed by atoms with Gasteiger partial charge in [0, 0.05) is 0 Å². The Morgan fingerprint density at radius 2 is 2.00 bits per heavy atom. The van der Waals surface area contributed by atoms with Crippen molar-refractivity contribution in [1.82, 2.24) is 15.3 Å². The number of hydrogen-bond acceptors (Lipinski definition) is 5. The molecule has 1 N–H and O–H groups in total. The van der Waals surface area contributed by atoms with Crippen LogP contribution in [0.1, 0.15) is 51.3 Å². The van der Waals surface area contributed by atoms with Gasteiger partial charge in [0.25, 0.3) is 0 Å². The predicted octanol–water partition coefficient (Wildman–Crippen LogP) is 2.72. The Bertz CT molecular complexity index is 364. The highest BCUT2D eigenvalue weighted by molar-refractivity contribution is 5.25. The Hall–Kier alpha value is -1.36. The van der Waals surface area contributed by atoms with E-state index in [1.54, 1.807) is 20.4 Å². The molecule has 0 bridgehead atoms. The fourth-order valence-electron chi connectivity index (χ4n) is 1.92. The van der Waals surface area contributed by atoms with Gasteiger partial charge >= 0.3 is 0 Å². The van der Waals surface area contributed by atoms with E-state index in [1.807, 2.05) is 0 Å². The van der Waals surface area contributed by atoms with Gasteiger partial charge in [-0.25, -0.2) is 4.98 Å². The van der Waals surface area contributed by atoms with E-state index < -0.39 is 0 Å². The van der Waals surface area contributed by atoms with Crippen LogP contribution in [0, 0.1) is 0 Å². The Labute approximate surface area is 115 Å². The molecule has 0 radical (unpaired) electrons. The Kier molecular flexibility index (Phi) is 7.18. The van der Waals surface area contributed by atoms with Gasteiger partial charge in [0.15, 0.2) is 0 Å². The molecule has 108 valence electrons. The van der Waals surface area contributed by atoms with E-state index in [9.17, 15) is 0 Å². The first-order valence-electron chi connectivity index (χ1n) is 6.95. The van der Waals surface area contributed by atoms with E-state index in [-0.39, 0.29) is 6.04 Å². The van der Waals surface area contributed by atoms with Gasteiger partial charge in [-0.3, -0.25) is 0 Å². The number of nitrogens with one attached hydrogen (secondary N) is 1. The maximum absolute atomic E-state index is 5.34. The molecule has 1 aromatic rings. The monoisotopic (exact) mass is 267 g/mol. The van der Waals surface area contributed by atoms with Gasteiger partial charge in [0.05, 0.1) is 26.5 Å². The minimum atomic E-state index is 0.188. The van der Waals surface area contributed by atoms with Crippen LogP contribution in [-0.4, -0.2) is 30.7 Å². The molecule has 0 aliphatic carbocycles. The third-order valence-electron chi connectivity index (χ3n) is 2.96. The van der Waals surface area contributed by atoms with Gasteiger partial charge in [-0.2, -0.15) is 4.98 Å². The van der Waals surface area contributed by atoms with E-state index in [1.165, 1.54) is 0 Å². The number of nitrogens with zero attached hydrogens (tertiary/aromatic N) is 2. The minimum absolute atomic E-state index is 0.188. The van der Waals surface area contributed by atoms with Crippen molar-refractivity contribution in [3.63, 3.8) is 0 Å². The van der Waals surface area contributed by atoms with E-state index in [0.717, 1.165) is 37.9 Å². The van der Waals surface area contributed by atoms with Crippen molar-refractivity contribution in [2.24, 2.45) is 0 Å². The third-order valence-corrected chi connectivity index (χ3v) is 2.96. The predicted molar refractivity (Wildman–Crippen MR) is 75.7 cm³/mol. The normalized spacial score (nSPS) is 12.2. The number of unbranched alkanes of at least 4 members (excludes halogenated alkanes) is 1. The summed E-state index contributed by atoms with van der Waals surface area (Å²) in [6.07, 6.45) is 6.08. The molecular weight excluding hydrogens is 242 g/mol. The summed E-state index contributed by atoms with van der Waals surface area (Å²) < 4.78 is 10.4. The Balaban J connectivity index is 2.91. The summed E-state index contributed by atoms with van der Waals surface area (Å²) in [6, 6.07) is 0.188. The van der Waals surface area contributed by atoms with E-state index in [4.69, 9.17) is 9.47 Å². The summed E-state index contributed by atoms with van der Waals surface area (Å²) in [5.74, 6) is 1.02. The Morgan fingerprint density at radius 3 is 2.58 bits per heavy atom. The fraction of sp³-hybridized carbons (Fsp3) is 0.714. The van der Waals surface area contributed by atoms with Crippen molar-refractivity contribution < 1.29 is 9.47 Å². The average molecular weight is 267 g/mol. The van der Waals surface area contributed by atoms with Gasteiger partial charge in [-0.05, 0) is 19.4 Å². The highest BCUT2D eigenvalue weighted by atomic mass is 16.5. The largest absolute Gasteiger partial charge is 0.480 e. The van der Waals surface area contributed by atoms with Crippen molar-refractivity contribution in [3.05, 3.63) is 11.9 Å². The van der Waals surface area contributed by atoms with Crippen molar-refractivity contribution in [3.8, 4) is 11.8 Å². The van der Waals surface area contributed by atoms with Crippen LogP contribution in [0.3, 0.4) is 0 Å². The van der Waals surface area contributed by atoms with E-state index in [2.05, 4.69) is 29.1 Å². The van der Waals surface area contributed by atoms with Gasteiger partial charge in [0.2, 0.25) is 11.8 Å². The fourth-order valence-corrected chi connectivity index (χ4v) is 1.92. The molecule has 1 unspecified atom stereocenters. The number of hydrogen-bond donors (Lipinski definition) is 1. The maximum atomic E-state index is 5.34. The number of methoxy groups -OCH3 is 2. The number of aromatic nitrogens is 2. The molecule has 1 heterocycles. The summed E-state index contributed by atoms with van der Waals surface area (Å²) in [4.78, 5) is 8.75. The zero-order valence-corrected chi connectivity index (χ0v) is 12.4. The molecule has 0 aliphatic rings. The van der Waals surface area contributed by atoms with Crippen molar-refractivity contribution in [1.29, 1.82) is 0 Å². The van der Waals surface area contributed by atoms with Crippen LogP contribution in [0.5, 0.6) is 11.8 Å². The van der Waals surface area contributed by atoms with Gasteiger partial charge in [0.1, 0.15) is 5.69 Å². The maximum Gasteiger partial charge on any atom is 0.240 e. The molecule has 5 heteroatoms. The first kappa shape index (κ1) is 15.7. The topological polar surface area (TPSA) is 56.3 Å². The SMILES string of the molecule is CCCCC(NCCC)c1ncc(OC)nc1OC. The lowest BCUT2D eigenvalue weighted by Gasteiger charge is -2.19. The van der Waals surface area contributed by atoms with E-state index in [0.29, 0.717) is 11.8 Å². The summed E-state index contributed by atoms with van der Waals surface area (Å²) in [6.45, 7) is 5.31. The molecule has 0 saturated carbocycles. The molecule has 0 amide bonds. The first-order valence-corrected chi connectivity index (χ1v) is 6.95. The van der Waals surface area contributed by atoms with Crippen LogP contribution in [-0.2, 0) is 0 Å². The van der Waals surface area contributed by atoms with Crippen LogP contribution >= 0.6 is 0 Å². The molecule has 0 fully saturated rings. The van der Waals surface area contributed by atoms with Crippen molar-refractivity contribution in [2.75, 3.05) is 20.8 Å². The van der Waals surface area contributed by atoms with Crippen LogP contribution < -0.4 is 14.8 Å². The van der Waals surface area contributed by atoms with Crippen LogP contribution in [0.25, 0.3) is 0 Å². The van der Waals surface area contributed by atoms with Gasteiger partial charge in [-0.15, -0.1) is 0 Å². The summed E-state index contributed by atoms with van der Waals surface area (Å²) in [7, 11) is 3.19. The molecule has 1 rings (SSSR count). The van der Waals surface area contributed by atoms with Crippen LogP contribution in [0.15, 0.2) is 6.20 Å². The standard InChI is InChI=1S/C14H25N3O2/c1-5-7-8-11(15-9-6-2)13-14(19-4)17-12(18-3)10-16-13/h10-11,15H,5-9H2,1-4H3. The highest BCUT2D eigenvalue weighted by Crippen LogP contribution is 2.26. The van der Waals surface area contributed by atoms with Crippen molar-refractivity contribution >= 4 is 0 Å². The third kappa shape index (κ3) is 4.67. The van der Waals surface area contributed by atoms with Crippen LogP contribution in [0.4, 0.5) is 0 Å². The van der Waals surface area contributed by atoms with Gasteiger partial charge in [-0.1, -0.05) is 26.7 Å². The molecule has 0 aliphatic heterocycles. The van der Waals surface area contributed by atoms with Crippen molar-refractivity contribution in [2.45, 2.75) is 45.6 Å². The quantitative estimate of drug-likeness (QED) is 0.745. The zero-order chi connectivity index (χ0) is 14.1.